The van der Waals surface area contributed by atoms with Crippen molar-refractivity contribution in [2.24, 2.45) is 0 Å². The van der Waals surface area contributed by atoms with Gasteiger partial charge in [-0.1, -0.05) is 19.8 Å². The first-order chi connectivity index (χ1) is 15.5. The van der Waals surface area contributed by atoms with Gasteiger partial charge in [-0.25, -0.2) is 9.78 Å². The number of aromatic amines is 1. The number of rotatable bonds is 10. The first kappa shape index (κ1) is 22.3. The van der Waals surface area contributed by atoms with E-state index in [9.17, 15) is 9.59 Å². The van der Waals surface area contributed by atoms with Gasteiger partial charge in [-0.2, -0.15) is 5.10 Å². The largest absolute Gasteiger partial charge is 0.336 e. The monoisotopic (exact) mass is 454 g/mol. The van der Waals surface area contributed by atoms with Crippen LogP contribution in [0.2, 0.25) is 0 Å². The third-order valence-electron chi connectivity index (χ3n) is 5.61. The van der Waals surface area contributed by atoms with Gasteiger partial charge < -0.3 is 4.98 Å². The van der Waals surface area contributed by atoms with E-state index < -0.39 is 0 Å². The molecule has 4 rings (SSSR count). The van der Waals surface area contributed by atoms with Crippen LogP contribution in [0, 0.1) is 13.8 Å². The van der Waals surface area contributed by atoms with Crippen LogP contribution in [0.15, 0.2) is 34.1 Å². The van der Waals surface area contributed by atoms with Gasteiger partial charge in [0.15, 0.2) is 5.65 Å². The van der Waals surface area contributed by atoms with Crippen molar-refractivity contribution < 1.29 is 0 Å². The van der Waals surface area contributed by atoms with Crippen LogP contribution < -0.4 is 11.2 Å². The molecule has 4 aromatic rings. The molecule has 0 aromatic carbocycles. The Bertz CT molecular complexity index is 1320. The number of nitrogens with one attached hydrogen (secondary N) is 1. The maximum atomic E-state index is 13.1. The van der Waals surface area contributed by atoms with Gasteiger partial charge in [-0.15, -0.1) is 11.3 Å². The smallest absolute Gasteiger partial charge is 0.332 e. The second-order valence-corrected chi connectivity index (χ2v) is 9.65. The van der Waals surface area contributed by atoms with Gasteiger partial charge in [-0.05, 0) is 50.8 Å². The highest BCUT2D eigenvalue weighted by molar-refractivity contribution is 7.11. The van der Waals surface area contributed by atoms with Gasteiger partial charge in [0, 0.05) is 29.0 Å². The van der Waals surface area contributed by atoms with Gasteiger partial charge in [0.2, 0.25) is 0 Å². The van der Waals surface area contributed by atoms with Crippen molar-refractivity contribution in [3.63, 3.8) is 0 Å². The molecule has 0 saturated carbocycles. The quantitative estimate of drug-likeness (QED) is 0.371. The van der Waals surface area contributed by atoms with Crippen LogP contribution in [0.25, 0.3) is 11.2 Å². The third-order valence-corrected chi connectivity index (χ3v) is 6.60. The predicted octanol–water partition coefficient (Wildman–Crippen LogP) is 3.63. The third kappa shape index (κ3) is 4.77. The lowest BCUT2D eigenvalue weighted by atomic mass is 10.2. The standard InChI is InChI=1S/C23H30N6O2S/c1-4-5-6-11-28-21-20(25-17(3)26-21)22(30)29(23(28)31)12-7-8-18-13-24-27(14-18)15-19-10-9-16(2)32-19/h9-10,13-14H,4-8,11-12,15H2,1-3H3,(H,25,26). The fourth-order valence-electron chi connectivity index (χ4n) is 3.99. The van der Waals surface area contributed by atoms with E-state index in [4.69, 9.17) is 0 Å². The molecule has 0 aliphatic carbocycles. The summed E-state index contributed by atoms with van der Waals surface area (Å²) >= 11 is 1.78. The lowest BCUT2D eigenvalue weighted by molar-refractivity contribution is 0.526. The van der Waals surface area contributed by atoms with Crippen molar-refractivity contribution in [3.8, 4) is 0 Å². The molecule has 8 nitrogen and oxygen atoms in total. The van der Waals surface area contributed by atoms with E-state index in [0.29, 0.717) is 36.5 Å². The Labute approximate surface area is 190 Å². The van der Waals surface area contributed by atoms with Crippen LogP contribution in [0.1, 0.15) is 53.7 Å². The van der Waals surface area contributed by atoms with Crippen molar-refractivity contribution in [2.45, 2.75) is 72.5 Å². The highest BCUT2D eigenvalue weighted by Crippen LogP contribution is 2.16. The van der Waals surface area contributed by atoms with Gasteiger partial charge in [0.25, 0.3) is 5.56 Å². The molecule has 0 atom stereocenters. The maximum absolute atomic E-state index is 13.1. The molecule has 0 fully saturated rings. The molecule has 170 valence electrons. The number of fused-ring (bicyclic) bond motifs is 1. The molecule has 9 heteroatoms. The fraction of sp³-hybridized carbons (Fsp3) is 0.478. The van der Waals surface area contributed by atoms with E-state index in [1.807, 2.05) is 17.1 Å². The molecule has 1 N–H and O–H groups in total. The molecule has 0 spiro atoms. The Morgan fingerprint density at radius 1 is 1.06 bits per heavy atom. The minimum absolute atomic E-state index is 0.270. The second-order valence-electron chi connectivity index (χ2n) is 8.28. The normalized spacial score (nSPS) is 11.6. The topological polar surface area (TPSA) is 90.5 Å². The molecule has 32 heavy (non-hydrogen) atoms. The average Bonchev–Trinajstić information content (AvgIpc) is 3.48. The number of unbranched alkanes of at least 4 members (excludes halogenated alkanes) is 2. The summed E-state index contributed by atoms with van der Waals surface area (Å²) in [4.78, 5) is 36.1. The van der Waals surface area contributed by atoms with E-state index in [2.05, 4.69) is 41.0 Å². The van der Waals surface area contributed by atoms with Gasteiger partial charge in [-0.3, -0.25) is 18.6 Å². The lowest BCUT2D eigenvalue weighted by Gasteiger charge is -2.11. The summed E-state index contributed by atoms with van der Waals surface area (Å²) in [5.41, 5.74) is 1.43. The van der Waals surface area contributed by atoms with E-state index >= 15 is 0 Å². The fourth-order valence-corrected chi connectivity index (χ4v) is 4.88. The number of imidazole rings is 1. The summed E-state index contributed by atoms with van der Waals surface area (Å²) in [6, 6.07) is 4.25. The van der Waals surface area contributed by atoms with E-state index in [0.717, 1.165) is 37.8 Å². The van der Waals surface area contributed by atoms with E-state index in [-0.39, 0.29) is 11.2 Å². The summed E-state index contributed by atoms with van der Waals surface area (Å²) in [5, 5.41) is 4.46. The Morgan fingerprint density at radius 3 is 2.62 bits per heavy atom. The van der Waals surface area contributed by atoms with Crippen molar-refractivity contribution in [1.82, 2.24) is 28.9 Å². The maximum Gasteiger partial charge on any atom is 0.332 e. The zero-order valence-corrected chi connectivity index (χ0v) is 19.7. The Morgan fingerprint density at radius 2 is 1.88 bits per heavy atom. The summed E-state index contributed by atoms with van der Waals surface area (Å²) in [6.45, 7) is 7.74. The predicted molar refractivity (Wildman–Crippen MR) is 128 cm³/mol. The highest BCUT2D eigenvalue weighted by Gasteiger charge is 2.16. The molecule has 0 unspecified atom stereocenters. The Kier molecular flexibility index (Phi) is 6.74. The molecule has 0 saturated heterocycles. The minimum Gasteiger partial charge on any atom is -0.336 e. The first-order valence-corrected chi connectivity index (χ1v) is 12.0. The van der Waals surface area contributed by atoms with Crippen LogP contribution in [0.4, 0.5) is 0 Å². The van der Waals surface area contributed by atoms with Gasteiger partial charge >= 0.3 is 5.69 Å². The Hall–Kier alpha value is -2.94. The van der Waals surface area contributed by atoms with Crippen molar-refractivity contribution in [1.29, 1.82) is 0 Å². The van der Waals surface area contributed by atoms with Crippen LogP contribution in [0.3, 0.4) is 0 Å². The van der Waals surface area contributed by atoms with E-state index in [1.165, 1.54) is 14.3 Å². The first-order valence-electron chi connectivity index (χ1n) is 11.2. The Balaban J connectivity index is 1.48. The molecular formula is C23H30N6O2S. The van der Waals surface area contributed by atoms with Crippen molar-refractivity contribution in [3.05, 3.63) is 66.5 Å². The van der Waals surface area contributed by atoms with Gasteiger partial charge in [0.05, 0.1) is 12.7 Å². The molecule has 0 aliphatic heterocycles. The van der Waals surface area contributed by atoms with Crippen LogP contribution in [-0.4, -0.2) is 28.9 Å². The number of nitrogens with zero attached hydrogens (tertiary/aromatic N) is 5. The number of hydrogen-bond donors (Lipinski definition) is 1. The molecule has 0 aliphatic rings. The molecule has 0 amide bonds. The number of aromatic nitrogens is 6. The number of H-pyrrole nitrogens is 1. The molecule has 0 radical (unpaired) electrons. The summed E-state index contributed by atoms with van der Waals surface area (Å²) in [6.07, 6.45) is 8.34. The average molecular weight is 455 g/mol. The lowest BCUT2D eigenvalue weighted by Crippen LogP contribution is -2.40. The van der Waals surface area contributed by atoms with E-state index in [1.54, 1.807) is 22.8 Å². The SMILES string of the molecule is CCCCCn1c(=O)n(CCCc2cnn(Cc3ccc(C)s3)c2)c(=O)c2[nH]c(C)nc21. The summed E-state index contributed by atoms with van der Waals surface area (Å²) in [5.74, 6) is 0.645. The molecule has 0 bridgehead atoms. The number of aryl methyl sites for hydroxylation is 4. The zero-order chi connectivity index (χ0) is 22.7. The molecule has 4 heterocycles. The number of hydrogen-bond acceptors (Lipinski definition) is 5. The summed E-state index contributed by atoms with van der Waals surface area (Å²) in [7, 11) is 0. The molecule has 4 aromatic heterocycles. The van der Waals surface area contributed by atoms with Crippen LogP contribution >= 0.6 is 11.3 Å². The van der Waals surface area contributed by atoms with Crippen molar-refractivity contribution in [2.75, 3.05) is 0 Å². The second kappa shape index (κ2) is 9.68. The van der Waals surface area contributed by atoms with Crippen LogP contribution in [-0.2, 0) is 26.1 Å². The minimum atomic E-state index is -0.291. The van der Waals surface area contributed by atoms with Crippen LogP contribution in [0.5, 0.6) is 0 Å². The summed E-state index contributed by atoms with van der Waals surface area (Å²) < 4.78 is 4.94. The zero-order valence-electron chi connectivity index (χ0n) is 18.9. The number of thiophene rings is 1. The molecular weight excluding hydrogens is 424 g/mol. The van der Waals surface area contributed by atoms with Crippen molar-refractivity contribution >= 4 is 22.5 Å². The highest BCUT2D eigenvalue weighted by atomic mass is 32.1. The van der Waals surface area contributed by atoms with Gasteiger partial charge in [0.1, 0.15) is 11.3 Å².